The van der Waals surface area contributed by atoms with Gasteiger partial charge in [-0.3, -0.25) is 9.59 Å². The molecule has 23 heavy (non-hydrogen) atoms. The van der Waals surface area contributed by atoms with Crippen LogP contribution in [0.1, 0.15) is 36.3 Å². The van der Waals surface area contributed by atoms with Gasteiger partial charge in [-0.1, -0.05) is 30.3 Å². The van der Waals surface area contributed by atoms with Crippen LogP contribution in [-0.2, 0) is 22.7 Å². The van der Waals surface area contributed by atoms with E-state index in [2.05, 4.69) is 10.6 Å². The monoisotopic (exact) mass is 314 g/mol. The summed E-state index contributed by atoms with van der Waals surface area (Å²) in [6, 6.07) is 13.4. The fourth-order valence-corrected chi connectivity index (χ4v) is 2.15. The van der Waals surface area contributed by atoms with Crippen molar-refractivity contribution in [2.45, 2.75) is 39.3 Å². The smallest absolute Gasteiger partial charge is 0.220 e. The van der Waals surface area contributed by atoms with E-state index in [9.17, 15) is 9.59 Å². The van der Waals surface area contributed by atoms with Crippen LogP contribution in [0.2, 0.25) is 0 Å². The number of carbonyl (C=O) groups is 2. The van der Waals surface area contributed by atoms with E-state index in [1.165, 1.54) is 0 Å². The number of rotatable bonds is 8. The van der Waals surface area contributed by atoms with Crippen LogP contribution in [0.15, 0.2) is 46.9 Å². The molecule has 0 bridgehead atoms. The minimum absolute atomic E-state index is 0.0386. The Morgan fingerprint density at radius 1 is 0.913 bits per heavy atom. The van der Waals surface area contributed by atoms with Crippen molar-refractivity contribution in [1.29, 1.82) is 0 Å². The van der Waals surface area contributed by atoms with Crippen LogP contribution in [0.4, 0.5) is 0 Å². The zero-order chi connectivity index (χ0) is 16.5. The van der Waals surface area contributed by atoms with E-state index in [1.54, 1.807) is 0 Å². The molecule has 2 aromatic rings. The quantitative estimate of drug-likeness (QED) is 0.787. The first-order valence-corrected chi connectivity index (χ1v) is 7.76. The van der Waals surface area contributed by atoms with Gasteiger partial charge in [0.2, 0.25) is 11.8 Å². The van der Waals surface area contributed by atoms with Crippen LogP contribution >= 0.6 is 0 Å². The van der Waals surface area contributed by atoms with Crippen molar-refractivity contribution in [2.24, 2.45) is 0 Å². The molecule has 122 valence electrons. The zero-order valence-corrected chi connectivity index (χ0v) is 13.3. The predicted molar refractivity (Wildman–Crippen MR) is 87.4 cm³/mol. The molecule has 0 saturated heterocycles. The van der Waals surface area contributed by atoms with Gasteiger partial charge in [0, 0.05) is 19.4 Å². The standard InChI is InChI=1S/C18H22N2O3/c1-14-10-11-16(23-14)13-20-18(22)9-5-8-17(21)19-12-15-6-3-2-4-7-15/h2-4,6-7,10-11H,5,8-9,12-13H2,1H3,(H,19,21)(H,20,22). The Balaban J connectivity index is 1.56. The fraction of sp³-hybridized carbons (Fsp3) is 0.333. The summed E-state index contributed by atoms with van der Waals surface area (Å²) in [6.07, 6.45) is 1.21. The van der Waals surface area contributed by atoms with Crippen molar-refractivity contribution in [3.8, 4) is 0 Å². The van der Waals surface area contributed by atoms with Gasteiger partial charge in [-0.25, -0.2) is 0 Å². The van der Waals surface area contributed by atoms with Gasteiger partial charge in [0.05, 0.1) is 6.54 Å². The van der Waals surface area contributed by atoms with Gasteiger partial charge >= 0.3 is 0 Å². The van der Waals surface area contributed by atoms with E-state index in [4.69, 9.17) is 4.42 Å². The van der Waals surface area contributed by atoms with E-state index in [1.807, 2.05) is 49.4 Å². The SMILES string of the molecule is Cc1ccc(CNC(=O)CCCC(=O)NCc2ccccc2)o1. The number of hydrogen-bond acceptors (Lipinski definition) is 3. The number of carbonyl (C=O) groups excluding carboxylic acids is 2. The maximum absolute atomic E-state index is 11.7. The maximum Gasteiger partial charge on any atom is 0.220 e. The van der Waals surface area contributed by atoms with Crippen LogP contribution < -0.4 is 10.6 Å². The first kappa shape index (κ1) is 16.8. The number of aryl methyl sites for hydroxylation is 1. The second kappa shape index (κ2) is 8.78. The molecular weight excluding hydrogens is 292 g/mol. The van der Waals surface area contributed by atoms with Gasteiger partial charge in [0.25, 0.3) is 0 Å². The van der Waals surface area contributed by atoms with Gasteiger partial charge < -0.3 is 15.1 Å². The van der Waals surface area contributed by atoms with E-state index >= 15 is 0 Å². The van der Waals surface area contributed by atoms with Crippen molar-refractivity contribution in [2.75, 3.05) is 0 Å². The predicted octanol–water partition coefficient (Wildman–Crippen LogP) is 2.69. The van der Waals surface area contributed by atoms with Crippen molar-refractivity contribution < 1.29 is 14.0 Å². The molecule has 0 spiro atoms. The first-order chi connectivity index (χ1) is 11.1. The van der Waals surface area contributed by atoms with Crippen LogP contribution in [-0.4, -0.2) is 11.8 Å². The Morgan fingerprint density at radius 2 is 1.57 bits per heavy atom. The third kappa shape index (κ3) is 6.38. The van der Waals surface area contributed by atoms with E-state index < -0.39 is 0 Å². The lowest BCUT2D eigenvalue weighted by atomic mass is 10.2. The molecule has 5 nitrogen and oxygen atoms in total. The Hall–Kier alpha value is -2.56. The number of hydrogen-bond donors (Lipinski definition) is 2. The lowest BCUT2D eigenvalue weighted by molar-refractivity contribution is -0.122. The molecule has 1 aromatic carbocycles. The largest absolute Gasteiger partial charge is 0.465 e. The van der Waals surface area contributed by atoms with Crippen molar-refractivity contribution in [3.05, 3.63) is 59.5 Å². The fourth-order valence-electron chi connectivity index (χ4n) is 2.15. The zero-order valence-electron chi connectivity index (χ0n) is 13.3. The number of amides is 2. The average molecular weight is 314 g/mol. The lowest BCUT2D eigenvalue weighted by Crippen LogP contribution is -2.25. The third-order valence-electron chi connectivity index (χ3n) is 3.40. The van der Waals surface area contributed by atoms with Crippen LogP contribution in [0.25, 0.3) is 0 Å². The molecule has 2 amide bonds. The topological polar surface area (TPSA) is 71.3 Å². The summed E-state index contributed by atoms with van der Waals surface area (Å²) in [4.78, 5) is 23.4. The first-order valence-electron chi connectivity index (χ1n) is 7.76. The Bertz CT molecular complexity index is 635. The van der Waals surface area contributed by atoms with Crippen molar-refractivity contribution >= 4 is 11.8 Å². The second-order valence-electron chi connectivity index (χ2n) is 5.40. The molecule has 2 rings (SSSR count). The molecule has 1 heterocycles. The van der Waals surface area contributed by atoms with E-state index in [-0.39, 0.29) is 11.8 Å². The summed E-state index contributed by atoms with van der Waals surface area (Å²) in [5.41, 5.74) is 1.06. The Labute approximate surface area is 136 Å². The van der Waals surface area contributed by atoms with Gasteiger partial charge in [-0.05, 0) is 31.0 Å². The Kier molecular flexibility index (Phi) is 6.41. The maximum atomic E-state index is 11.7. The van der Waals surface area contributed by atoms with E-state index in [0.29, 0.717) is 32.4 Å². The summed E-state index contributed by atoms with van der Waals surface area (Å²) in [6.45, 7) is 2.76. The summed E-state index contributed by atoms with van der Waals surface area (Å²) >= 11 is 0. The van der Waals surface area contributed by atoms with Crippen LogP contribution in [0.3, 0.4) is 0 Å². The van der Waals surface area contributed by atoms with Crippen molar-refractivity contribution in [3.63, 3.8) is 0 Å². The molecular formula is C18H22N2O3. The summed E-state index contributed by atoms with van der Waals surface area (Å²) in [5.74, 6) is 1.44. The number of benzene rings is 1. The summed E-state index contributed by atoms with van der Waals surface area (Å²) in [7, 11) is 0. The lowest BCUT2D eigenvalue weighted by Gasteiger charge is -2.06. The Morgan fingerprint density at radius 3 is 2.17 bits per heavy atom. The minimum atomic E-state index is -0.0742. The third-order valence-corrected chi connectivity index (χ3v) is 3.40. The highest BCUT2D eigenvalue weighted by Gasteiger charge is 2.06. The van der Waals surface area contributed by atoms with Gasteiger partial charge in [0.15, 0.2) is 0 Å². The van der Waals surface area contributed by atoms with E-state index in [0.717, 1.165) is 17.1 Å². The van der Waals surface area contributed by atoms with Gasteiger partial charge in [-0.2, -0.15) is 0 Å². The molecule has 0 fully saturated rings. The minimum Gasteiger partial charge on any atom is -0.465 e. The van der Waals surface area contributed by atoms with Crippen LogP contribution in [0.5, 0.6) is 0 Å². The molecule has 0 unspecified atom stereocenters. The molecule has 0 saturated carbocycles. The molecule has 0 aliphatic carbocycles. The highest BCUT2D eigenvalue weighted by Crippen LogP contribution is 2.06. The average Bonchev–Trinajstić information content (AvgIpc) is 2.97. The molecule has 1 aromatic heterocycles. The normalized spacial score (nSPS) is 10.3. The van der Waals surface area contributed by atoms with Crippen molar-refractivity contribution in [1.82, 2.24) is 10.6 Å². The molecule has 0 aliphatic heterocycles. The summed E-state index contributed by atoms with van der Waals surface area (Å²) < 4.78 is 5.37. The molecule has 2 N–H and O–H groups in total. The van der Waals surface area contributed by atoms with Crippen LogP contribution in [0, 0.1) is 6.92 Å². The highest BCUT2D eigenvalue weighted by molar-refractivity contribution is 5.78. The molecule has 0 atom stereocenters. The van der Waals surface area contributed by atoms with Gasteiger partial charge in [-0.15, -0.1) is 0 Å². The number of nitrogens with one attached hydrogen (secondary N) is 2. The molecule has 0 aliphatic rings. The second-order valence-corrected chi connectivity index (χ2v) is 5.40. The highest BCUT2D eigenvalue weighted by atomic mass is 16.3. The molecule has 0 radical (unpaired) electrons. The summed E-state index contributed by atoms with van der Waals surface area (Å²) in [5, 5.41) is 5.63. The molecule has 5 heteroatoms. The van der Waals surface area contributed by atoms with Gasteiger partial charge in [0.1, 0.15) is 11.5 Å². The number of furan rings is 1.